The van der Waals surface area contributed by atoms with Gasteiger partial charge in [0.1, 0.15) is 0 Å². The highest BCUT2D eigenvalue weighted by molar-refractivity contribution is 9.10. The molecule has 0 radical (unpaired) electrons. The number of nitrogens with zero attached hydrogens (tertiary/aromatic N) is 2. The summed E-state index contributed by atoms with van der Waals surface area (Å²) in [6.45, 7) is 0. The van der Waals surface area contributed by atoms with Gasteiger partial charge in [-0.15, -0.1) is 0 Å². The molecule has 2 aromatic heterocycles. The van der Waals surface area contributed by atoms with Crippen LogP contribution in [0.5, 0.6) is 0 Å². The third-order valence-electron chi connectivity index (χ3n) is 5.70. The quantitative estimate of drug-likeness (QED) is 0.301. The van der Waals surface area contributed by atoms with Gasteiger partial charge >= 0.3 is 7.12 Å². The summed E-state index contributed by atoms with van der Waals surface area (Å²) in [5.41, 5.74) is 4.76. The van der Waals surface area contributed by atoms with Crippen molar-refractivity contribution in [2.45, 2.75) is 0 Å². The summed E-state index contributed by atoms with van der Waals surface area (Å²) in [7, 11) is -1.49. The van der Waals surface area contributed by atoms with Crippen molar-refractivity contribution in [2.75, 3.05) is 0 Å². The molecule has 34 heavy (non-hydrogen) atoms. The normalized spacial score (nSPS) is 10.8. The number of hydrogen-bond acceptors (Lipinski definition) is 2. The molecule has 166 valence electrons. The molecule has 6 heteroatoms. The molecule has 4 aromatic carbocycles. The summed E-state index contributed by atoms with van der Waals surface area (Å²) < 4.78 is 5.15. The summed E-state index contributed by atoms with van der Waals surface area (Å²) in [4.78, 5) is 0. The van der Waals surface area contributed by atoms with Crippen LogP contribution in [0, 0.1) is 0 Å². The molecule has 0 aliphatic carbocycles. The number of para-hydroxylation sites is 4. The first-order valence-electron chi connectivity index (χ1n) is 11.0. The van der Waals surface area contributed by atoms with Crippen LogP contribution in [0.1, 0.15) is 0 Å². The molecule has 6 rings (SSSR count). The first-order valence-corrected chi connectivity index (χ1v) is 11.8. The summed E-state index contributed by atoms with van der Waals surface area (Å²) in [6.07, 6.45) is 0. The lowest BCUT2D eigenvalue weighted by molar-refractivity contribution is 0.423. The molecule has 0 fully saturated rings. The van der Waals surface area contributed by atoms with Gasteiger partial charge in [0.15, 0.2) is 0 Å². The van der Waals surface area contributed by atoms with E-state index in [1.54, 1.807) is 6.07 Å². The topological polar surface area (TPSA) is 50.3 Å². The number of aromatic nitrogens is 2. The first-order chi connectivity index (χ1) is 16.6. The minimum atomic E-state index is -1.49. The Kier molecular flexibility index (Phi) is 6.36. The Morgan fingerprint density at radius 3 is 1.53 bits per heavy atom. The van der Waals surface area contributed by atoms with Crippen LogP contribution in [0.3, 0.4) is 0 Å². The van der Waals surface area contributed by atoms with E-state index in [0.29, 0.717) is 5.59 Å². The van der Waals surface area contributed by atoms with E-state index in [9.17, 15) is 10.0 Å². The third kappa shape index (κ3) is 4.31. The minimum Gasteiger partial charge on any atom is -0.422 e. The first kappa shape index (κ1) is 22.2. The number of rotatable bonds is 3. The summed E-state index contributed by atoms with van der Waals surface area (Å²) in [5, 5.41) is 21.2. The van der Waals surface area contributed by atoms with Gasteiger partial charge < -0.3 is 19.2 Å². The van der Waals surface area contributed by atoms with E-state index in [-0.39, 0.29) is 0 Å². The lowest BCUT2D eigenvalue weighted by Crippen LogP contribution is -2.35. The van der Waals surface area contributed by atoms with Crippen LogP contribution >= 0.6 is 15.9 Å². The second-order valence-electron chi connectivity index (χ2n) is 7.87. The van der Waals surface area contributed by atoms with Crippen LogP contribution in [0.4, 0.5) is 0 Å². The number of halogens is 1. The van der Waals surface area contributed by atoms with Crippen molar-refractivity contribution in [3.63, 3.8) is 0 Å². The van der Waals surface area contributed by atoms with Crippen molar-refractivity contribution in [3.8, 4) is 11.4 Å². The highest BCUT2D eigenvalue weighted by Gasteiger charge is 2.20. The lowest BCUT2D eigenvalue weighted by Gasteiger charge is -2.10. The van der Waals surface area contributed by atoms with Crippen LogP contribution < -0.4 is 5.59 Å². The van der Waals surface area contributed by atoms with E-state index in [0.717, 1.165) is 21.2 Å². The maximum atomic E-state index is 9.50. The van der Waals surface area contributed by atoms with Gasteiger partial charge in [-0.05, 0) is 69.8 Å². The standard InChI is InChI=1S/C14H12BNO2.C14H10BrN/c17-15(18)14-10-11-6-4-5-9-13(11)16(14)12-7-2-1-3-8-12;15-14-10-11-6-4-5-9-13(11)16(14)12-7-2-1-3-8-12/h1-10,17-18H;1-10H. The zero-order valence-electron chi connectivity index (χ0n) is 18.3. The summed E-state index contributed by atoms with van der Waals surface area (Å²) >= 11 is 3.61. The van der Waals surface area contributed by atoms with Gasteiger partial charge in [-0.25, -0.2) is 0 Å². The van der Waals surface area contributed by atoms with Gasteiger partial charge in [0.05, 0.1) is 21.2 Å². The van der Waals surface area contributed by atoms with Gasteiger partial charge in [-0.2, -0.15) is 0 Å². The van der Waals surface area contributed by atoms with Crippen LogP contribution in [0.15, 0.2) is 126 Å². The molecular formula is C28H22BBrN2O2. The molecule has 2 N–H and O–H groups in total. The van der Waals surface area contributed by atoms with Gasteiger partial charge in [0.25, 0.3) is 0 Å². The highest BCUT2D eigenvalue weighted by Crippen LogP contribution is 2.27. The molecule has 0 aliphatic heterocycles. The molecule has 0 amide bonds. The molecular weight excluding hydrogens is 487 g/mol. The molecule has 0 bridgehead atoms. The van der Waals surface area contributed by atoms with Gasteiger partial charge in [-0.3, -0.25) is 0 Å². The van der Waals surface area contributed by atoms with Crippen molar-refractivity contribution < 1.29 is 10.0 Å². The molecule has 0 spiro atoms. The predicted octanol–water partition coefficient (Wildman–Crippen LogP) is 5.70. The Bertz CT molecular complexity index is 1540. The molecule has 4 nitrogen and oxygen atoms in total. The van der Waals surface area contributed by atoms with Gasteiger partial charge in [-0.1, -0.05) is 72.8 Å². The van der Waals surface area contributed by atoms with Crippen molar-refractivity contribution in [1.82, 2.24) is 9.13 Å². The fraction of sp³-hybridized carbons (Fsp3) is 0. The van der Waals surface area contributed by atoms with Crippen LogP contribution in [0.2, 0.25) is 0 Å². The molecule has 0 saturated heterocycles. The second kappa shape index (κ2) is 9.73. The molecule has 6 aromatic rings. The maximum absolute atomic E-state index is 9.50. The van der Waals surface area contributed by atoms with Crippen molar-refractivity contribution in [3.05, 3.63) is 126 Å². The van der Waals surface area contributed by atoms with Crippen LogP contribution in [-0.4, -0.2) is 26.3 Å². The predicted molar refractivity (Wildman–Crippen MR) is 144 cm³/mol. The summed E-state index contributed by atoms with van der Waals surface area (Å²) in [5.74, 6) is 0. The van der Waals surface area contributed by atoms with E-state index in [4.69, 9.17) is 0 Å². The number of fused-ring (bicyclic) bond motifs is 2. The SMILES string of the molecule is Brc1cc2ccccc2n1-c1ccccc1.OB(O)c1cc2ccccc2n1-c1ccccc1. The van der Waals surface area contributed by atoms with Crippen molar-refractivity contribution in [2.24, 2.45) is 0 Å². The molecule has 0 saturated carbocycles. The van der Waals surface area contributed by atoms with E-state index in [2.05, 4.69) is 75.1 Å². The lowest BCUT2D eigenvalue weighted by atomic mass is 9.86. The van der Waals surface area contributed by atoms with E-state index in [1.165, 1.54) is 16.6 Å². The molecule has 0 atom stereocenters. The average Bonchev–Trinajstić information content (AvgIpc) is 3.43. The zero-order chi connectivity index (χ0) is 23.5. The molecule has 0 unspecified atom stereocenters. The average molecular weight is 509 g/mol. The third-order valence-corrected chi connectivity index (χ3v) is 6.28. The Morgan fingerprint density at radius 1 is 0.529 bits per heavy atom. The Balaban J connectivity index is 0.000000142. The minimum absolute atomic E-state index is 0.474. The Labute approximate surface area is 206 Å². The Hall–Kier alpha value is -3.58. The Morgan fingerprint density at radius 2 is 0.971 bits per heavy atom. The largest absolute Gasteiger partial charge is 0.506 e. The maximum Gasteiger partial charge on any atom is 0.506 e. The molecule has 0 aliphatic rings. The summed E-state index contributed by atoms with van der Waals surface area (Å²) in [6, 6.07) is 40.1. The molecule has 2 heterocycles. The number of hydrogen-bond donors (Lipinski definition) is 2. The smallest absolute Gasteiger partial charge is 0.422 e. The zero-order valence-corrected chi connectivity index (χ0v) is 19.9. The fourth-order valence-electron chi connectivity index (χ4n) is 4.19. The van der Waals surface area contributed by atoms with Crippen molar-refractivity contribution in [1.29, 1.82) is 0 Å². The van der Waals surface area contributed by atoms with E-state index >= 15 is 0 Å². The highest BCUT2D eigenvalue weighted by atomic mass is 79.9. The second-order valence-corrected chi connectivity index (χ2v) is 8.68. The van der Waals surface area contributed by atoms with E-state index in [1.807, 2.05) is 65.2 Å². The van der Waals surface area contributed by atoms with Crippen LogP contribution in [-0.2, 0) is 0 Å². The van der Waals surface area contributed by atoms with Crippen LogP contribution in [0.25, 0.3) is 33.2 Å². The van der Waals surface area contributed by atoms with Gasteiger partial charge in [0, 0.05) is 16.8 Å². The monoisotopic (exact) mass is 508 g/mol. The van der Waals surface area contributed by atoms with E-state index < -0.39 is 7.12 Å². The van der Waals surface area contributed by atoms with Gasteiger partial charge in [0.2, 0.25) is 0 Å². The van der Waals surface area contributed by atoms with Crippen molar-refractivity contribution >= 4 is 50.4 Å². The number of benzene rings is 4. The fourth-order valence-corrected chi connectivity index (χ4v) is 4.83.